The summed E-state index contributed by atoms with van der Waals surface area (Å²) in [5.41, 5.74) is -0.120. The van der Waals surface area contributed by atoms with E-state index in [1.807, 2.05) is 0 Å². The van der Waals surface area contributed by atoms with Crippen molar-refractivity contribution in [2.75, 3.05) is 13.2 Å². The molecule has 0 saturated carbocycles. The van der Waals surface area contributed by atoms with E-state index >= 15 is 0 Å². The van der Waals surface area contributed by atoms with Gasteiger partial charge in [0.1, 0.15) is 19.0 Å². The van der Waals surface area contributed by atoms with Gasteiger partial charge < -0.3 is 14.6 Å². The van der Waals surface area contributed by atoms with Crippen LogP contribution in [0, 0.1) is 0 Å². The van der Waals surface area contributed by atoms with Crippen molar-refractivity contribution in [3.05, 3.63) is 51.7 Å². The smallest absolute Gasteiger partial charge is 0.358 e. The molecule has 1 N–H and O–H groups in total. The first-order chi connectivity index (χ1) is 10.1. The number of rotatable bonds is 6. The highest BCUT2D eigenvalue weighted by atomic mass is 79.9. The van der Waals surface area contributed by atoms with Crippen LogP contribution in [0.1, 0.15) is 10.5 Å². The summed E-state index contributed by atoms with van der Waals surface area (Å²) in [7, 11) is 0. The molecular weight excluding hydrogens is 362 g/mol. The van der Waals surface area contributed by atoms with Crippen LogP contribution >= 0.6 is 27.5 Å². The normalized spacial score (nSPS) is 10.2. The van der Waals surface area contributed by atoms with E-state index in [1.54, 1.807) is 30.3 Å². The minimum absolute atomic E-state index is 0.120. The zero-order valence-electron chi connectivity index (χ0n) is 10.8. The number of nitrogens with zero attached hydrogens (tertiary/aromatic N) is 1. The predicted molar refractivity (Wildman–Crippen MR) is 81.3 cm³/mol. The molecule has 1 heterocycles. The number of carbonyl (C=O) groups is 1. The first-order valence-corrected chi connectivity index (χ1v) is 7.14. The van der Waals surface area contributed by atoms with Crippen molar-refractivity contribution in [2.24, 2.45) is 0 Å². The first-order valence-electron chi connectivity index (χ1n) is 5.97. The van der Waals surface area contributed by atoms with Crippen LogP contribution in [-0.2, 0) is 0 Å². The van der Waals surface area contributed by atoms with Crippen molar-refractivity contribution < 1.29 is 19.4 Å². The van der Waals surface area contributed by atoms with E-state index in [1.165, 1.54) is 6.20 Å². The predicted octanol–water partition coefficient (Wildman–Crippen LogP) is 3.65. The SMILES string of the molecule is O=C(O)c1ncccc1OCCOc1ccc(Cl)cc1Br. The van der Waals surface area contributed by atoms with Gasteiger partial charge in [0, 0.05) is 11.2 Å². The van der Waals surface area contributed by atoms with Crippen molar-refractivity contribution in [2.45, 2.75) is 0 Å². The zero-order chi connectivity index (χ0) is 15.2. The molecule has 0 aliphatic rings. The fourth-order valence-electron chi connectivity index (χ4n) is 1.56. The van der Waals surface area contributed by atoms with Crippen molar-refractivity contribution in [1.29, 1.82) is 0 Å². The molecule has 0 radical (unpaired) electrons. The molecule has 0 amide bonds. The van der Waals surface area contributed by atoms with Crippen LogP contribution in [0.4, 0.5) is 0 Å². The topological polar surface area (TPSA) is 68.7 Å². The molecule has 0 fully saturated rings. The lowest BCUT2D eigenvalue weighted by Crippen LogP contribution is -2.12. The second-order valence-electron chi connectivity index (χ2n) is 3.93. The van der Waals surface area contributed by atoms with Crippen molar-refractivity contribution >= 4 is 33.5 Å². The van der Waals surface area contributed by atoms with Crippen LogP contribution in [0.25, 0.3) is 0 Å². The van der Waals surface area contributed by atoms with E-state index in [9.17, 15) is 4.79 Å². The maximum atomic E-state index is 11.0. The largest absolute Gasteiger partial charge is 0.489 e. The molecule has 0 saturated heterocycles. The van der Waals surface area contributed by atoms with Crippen molar-refractivity contribution in [1.82, 2.24) is 4.98 Å². The Labute approximate surface area is 134 Å². The van der Waals surface area contributed by atoms with Gasteiger partial charge in [0.2, 0.25) is 0 Å². The Hall–Kier alpha value is -1.79. The van der Waals surface area contributed by atoms with E-state index in [0.29, 0.717) is 10.8 Å². The third-order valence-electron chi connectivity index (χ3n) is 2.47. The summed E-state index contributed by atoms with van der Waals surface area (Å²) in [6, 6.07) is 8.33. The number of halogens is 2. The molecule has 5 nitrogen and oxygen atoms in total. The molecule has 0 atom stereocenters. The number of ether oxygens (including phenoxy) is 2. The molecule has 110 valence electrons. The molecule has 0 aliphatic heterocycles. The minimum atomic E-state index is -1.13. The Balaban J connectivity index is 1.89. The Bertz CT molecular complexity index is 651. The summed E-state index contributed by atoms with van der Waals surface area (Å²) in [4.78, 5) is 14.7. The molecular formula is C14H11BrClNO4. The second-order valence-corrected chi connectivity index (χ2v) is 5.22. The summed E-state index contributed by atoms with van der Waals surface area (Å²) in [6.45, 7) is 0.454. The maximum Gasteiger partial charge on any atom is 0.358 e. The van der Waals surface area contributed by atoms with Gasteiger partial charge >= 0.3 is 5.97 Å². The lowest BCUT2D eigenvalue weighted by molar-refractivity contribution is 0.0684. The minimum Gasteiger partial charge on any atom is -0.489 e. The highest BCUT2D eigenvalue weighted by Gasteiger charge is 2.12. The number of benzene rings is 1. The number of carboxylic acid groups (broad SMARTS) is 1. The Morgan fingerprint density at radius 2 is 1.95 bits per heavy atom. The van der Waals surface area contributed by atoms with Crippen LogP contribution in [0.5, 0.6) is 11.5 Å². The van der Waals surface area contributed by atoms with Gasteiger partial charge in [-0.3, -0.25) is 0 Å². The van der Waals surface area contributed by atoms with Crippen LogP contribution in [0.3, 0.4) is 0 Å². The summed E-state index contributed by atoms with van der Waals surface area (Å²) in [5, 5.41) is 9.57. The van der Waals surface area contributed by atoms with Crippen molar-refractivity contribution in [3.63, 3.8) is 0 Å². The molecule has 0 aliphatic carbocycles. The summed E-state index contributed by atoms with van der Waals surface area (Å²) in [5.74, 6) is -0.289. The van der Waals surface area contributed by atoms with Gasteiger partial charge in [-0.05, 0) is 46.3 Å². The number of hydrogen-bond acceptors (Lipinski definition) is 4. The Kier molecular flexibility index (Phi) is 5.41. The first kappa shape index (κ1) is 15.6. The molecule has 2 aromatic rings. The van der Waals surface area contributed by atoms with Gasteiger partial charge in [0.25, 0.3) is 0 Å². The van der Waals surface area contributed by atoms with Crippen LogP contribution in [-0.4, -0.2) is 29.3 Å². The zero-order valence-corrected chi connectivity index (χ0v) is 13.1. The van der Waals surface area contributed by atoms with E-state index in [-0.39, 0.29) is 24.7 Å². The van der Waals surface area contributed by atoms with Gasteiger partial charge in [-0.2, -0.15) is 0 Å². The number of pyridine rings is 1. The molecule has 7 heteroatoms. The van der Waals surface area contributed by atoms with Gasteiger partial charge in [0.15, 0.2) is 11.4 Å². The monoisotopic (exact) mass is 371 g/mol. The molecule has 2 rings (SSSR count). The standard InChI is InChI=1S/C14H11BrClNO4/c15-10-8-9(16)3-4-11(10)20-6-7-21-12-2-1-5-17-13(12)14(18)19/h1-5,8H,6-7H2,(H,18,19). The van der Waals surface area contributed by atoms with E-state index in [0.717, 1.165) is 4.47 Å². The molecule has 21 heavy (non-hydrogen) atoms. The van der Waals surface area contributed by atoms with Gasteiger partial charge in [0.05, 0.1) is 4.47 Å². The Morgan fingerprint density at radius 1 is 1.24 bits per heavy atom. The quantitative estimate of drug-likeness (QED) is 0.784. The number of carboxylic acids is 1. The lowest BCUT2D eigenvalue weighted by atomic mass is 10.3. The molecule has 1 aromatic carbocycles. The van der Waals surface area contributed by atoms with Gasteiger partial charge in [-0.25, -0.2) is 9.78 Å². The van der Waals surface area contributed by atoms with Gasteiger partial charge in [-0.15, -0.1) is 0 Å². The fraction of sp³-hybridized carbons (Fsp3) is 0.143. The average Bonchev–Trinajstić information content (AvgIpc) is 2.45. The van der Waals surface area contributed by atoms with Crippen LogP contribution in [0.2, 0.25) is 5.02 Å². The van der Waals surface area contributed by atoms with E-state index < -0.39 is 5.97 Å². The third kappa shape index (κ3) is 4.34. The average molecular weight is 373 g/mol. The van der Waals surface area contributed by atoms with Gasteiger partial charge in [-0.1, -0.05) is 11.6 Å². The second kappa shape index (κ2) is 7.28. The summed E-state index contributed by atoms with van der Waals surface area (Å²) in [6.07, 6.45) is 1.40. The number of aromatic nitrogens is 1. The molecule has 1 aromatic heterocycles. The lowest BCUT2D eigenvalue weighted by Gasteiger charge is -2.10. The maximum absolute atomic E-state index is 11.0. The molecule has 0 unspecified atom stereocenters. The summed E-state index contributed by atoms with van der Waals surface area (Å²) < 4.78 is 11.6. The van der Waals surface area contributed by atoms with E-state index in [4.69, 9.17) is 26.2 Å². The molecule has 0 spiro atoms. The number of aromatic carboxylic acids is 1. The van der Waals surface area contributed by atoms with Crippen molar-refractivity contribution in [3.8, 4) is 11.5 Å². The highest BCUT2D eigenvalue weighted by Crippen LogP contribution is 2.27. The van der Waals surface area contributed by atoms with E-state index in [2.05, 4.69) is 20.9 Å². The Morgan fingerprint density at radius 3 is 2.62 bits per heavy atom. The summed E-state index contributed by atoms with van der Waals surface area (Å²) >= 11 is 9.17. The number of hydrogen-bond donors (Lipinski definition) is 1. The van der Waals surface area contributed by atoms with Crippen LogP contribution < -0.4 is 9.47 Å². The highest BCUT2D eigenvalue weighted by molar-refractivity contribution is 9.10. The third-order valence-corrected chi connectivity index (χ3v) is 3.32. The molecule has 0 bridgehead atoms. The van der Waals surface area contributed by atoms with Crippen LogP contribution in [0.15, 0.2) is 41.0 Å². The fourth-order valence-corrected chi connectivity index (χ4v) is 2.36.